The number of hydrogen-bond donors (Lipinski definition) is 2. The second-order valence-electron chi connectivity index (χ2n) is 3.16. The zero-order valence-electron chi connectivity index (χ0n) is 8.24. The number of nitrogens with two attached hydrogens (primary N) is 1. The first-order chi connectivity index (χ1) is 7.66. The molecule has 0 fully saturated rings. The molecule has 0 aliphatic rings. The highest BCUT2D eigenvalue weighted by molar-refractivity contribution is 7.14. The van der Waals surface area contributed by atoms with Gasteiger partial charge in [0.05, 0.1) is 10.6 Å². The van der Waals surface area contributed by atoms with Crippen LogP contribution in [0.25, 0.3) is 10.4 Å². The fourth-order valence-corrected chi connectivity index (χ4v) is 2.35. The molecule has 5 heteroatoms. The lowest BCUT2D eigenvalue weighted by atomic mass is 10.2. The fraction of sp³-hybridized carbons (Fsp3) is 0. The zero-order chi connectivity index (χ0) is 11.5. The van der Waals surface area contributed by atoms with Crippen LogP contribution in [0.2, 0.25) is 5.02 Å². The Morgan fingerprint density at radius 3 is 2.56 bits per heavy atom. The average molecular weight is 253 g/mol. The molecule has 0 saturated carbocycles. The van der Waals surface area contributed by atoms with E-state index in [0.717, 1.165) is 16.1 Å². The van der Waals surface area contributed by atoms with E-state index in [2.05, 4.69) is 5.32 Å². The van der Waals surface area contributed by atoms with Crippen molar-refractivity contribution in [2.45, 2.75) is 0 Å². The third kappa shape index (κ3) is 2.35. The van der Waals surface area contributed by atoms with Gasteiger partial charge in [0.1, 0.15) is 0 Å². The van der Waals surface area contributed by atoms with Gasteiger partial charge >= 0.3 is 6.03 Å². The van der Waals surface area contributed by atoms with Crippen molar-refractivity contribution in [2.75, 3.05) is 5.32 Å². The average Bonchev–Trinajstić information content (AvgIpc) is 2.66. The van der Waals surface area contributed by atoms with Crippen molar-refractivity contribution in [1.29, 1.82) is 0 Å². The predicted molar refractivity (Wildman–Crippen MR) is 68.0 cm³/mol. The Morgan fingerprint density at radius 2 is 1.94 bits per heavy atom. The molecule has 3 nitrogen and oxygen atoms in total. The molecule has 2 rings (SSSR count). The van der Waals surface area contributed by atoms with Gasteiger partial charge in [0.15, 0.2) is 0 Å². The number of primary amides is 1. The number of benzene rings is 1. The summed E-state index contributed by atoms with van der Waals surface area (Å²) in [6.45, 7) is 0. The van der Waals surface area contributed by atoms with E-state index in [4.69, 9.17) is 17.3 Å². The van der Waals surface area contributed by atoms with Gasteiger partial charge in [-0.2, -0.15) is 0 Å². The molecule has 16 heavy (non-hydrogen) atoms. The molecule has 2 amide bonds. The van der Waals surface area contributed by atoms with Crippen molar-refractivity contribution >= 4 is 34.7 Å². The molecule has 0 radical (unpaired) electrons. The lowest BCUT2D eigenvalue weighted by Gasteiger charge is -2.04. The van der Waals surface area contributed by atoms with Gasteiger partial charge in [0.2, 0.25) is 0 Å². The van der Waals surface area contributed by atoms with Crippen LogP contribution in [0.4, 0.5) is 10.5 Å². The minimum Gasteiger partial charge on any atom is -0.351 e. The summed E-state index contributed by atoms with van der Waals surface area (Å²) in [6.07, 6.45) is 0. The van der Waals surface area contributed by atoms with E-state index in [-0.39, 0.29) is 0 Å². The highest BCUT2D eigenvalue weighted by Gasteiger charge is 2.07. The summed E-state index contributed by atoms with van der Waals surface area (Å²) < 4.78 is 0. The van der Waals surface area contributed by atoms with Crippen LogP contribution in [-0.2, 0) is 0 Å². The Morgan fingerprint density at radius 1 is 1.25 bits per heavy atom. The Labute approximate surface area is 102 Å². The van der Waals surface area contributed by atoms with Crippen LogP contribution in [0, 0.1) is 0 Å². The smallest absolute Gasteiger partial charge is 0.316 e. The van der Waals surface area contributed by atoms with Crippen LogP contribution in [0.5, 0.6) is 0 Å². The summed E-state index contributed by atoms with van der Waals surface area (Å²) in [7, 11) is 0. The molecule has 1 aromatic carbocycles. The van der Waals surface area contributed by atoms with Gasteiger partial charge in [0, 0.05) is 5.02 Å². The van der Waals surface area contributed by atoms with Gasteiger partial charge in [-0.3, -0.25) is 0 Å². The van der Waals surface area contributed by atoms with Gasteiger partial charge < -0.3 is 11.1 Å². The molecule has 0 atom stereocenters. The van der Waals surface area contributed by atoms with E-state index >= 15 is 0 Å². The standard InChI is InChI=1S/C11H9ClN2OS/c12-8-3-1-7(2-4-8)10-9(5-6-16-10)14-11(13)15/h1-6H,(H3,13,14,15). The Bertz CT molecular complexity index is 507. The highest BCUT2D eigenvalue weighted by Crippen LogP contribution is 2.33. The molecule has 0 aliphatic carbocycles. The normalized spacial score (nSPS) is 10.1. The van der Waals surface area contributed by atoms with Crippen molar-refractivity contribution < 1.29 is 4.79 Å². The maximum atomic E-state index is 10.8. The third-order valence-electron chi connectivity index (χ3n) is 2.03. The number of hydrogen-bond acceptors (Lipinski definition) is 2. The second-order valence-corrected chi connectivity index (χ2v) is 4.51. The van der Waals surface area contributed by atoms with Gasteiger partial charge in [0.25, 0.3) is 0 Å². The molecule has 0 bridgehead atoms. The molecule has 3 N–H and O–H groups in total. The summed E-state index contributed by atoms with van der Waals surface area (Å²) >= 11 is 7.35. The number of rotatable bonds is 2. The molecular formula is C11H9ClN2OS. The fourth-order valence-electron chi connectivity index (χ4n) is 1.37. The quantitative estimate of drug-likeness (QED) is 0.844. The topological polar surface area (TPSA) is 55.1 Å². The molecule has 0 spiro atoms. The summed E-state index contributed by atoms with van der Waals surface area (Å²) in [6, 6.07) is 8.68. The molecule has 1 heterocycles. The molecule has 0 saturated heterocycles. The predicted octanol–water partition coefficient (Wildman–Crippen LogP) is 3.56. The number of carbonyl (C=O) groups is 1. The SMILES string of the molecule is NC(=O)Nc1ccsc1-c1ccc(Cl)cc1. The molecule has 0 aliphatic heterocycles. The van der Waals surface area contributed by atoms with Crippen molar-refractivity contribution in [3.63, 3.8) is 0 Å². The minimum absolute atomic E-state index is 0.561. The lowest BCUT2D eigenvalue weighted by Crippen LogP contribution is -2.19. The van der Waals surface area contributed by atoms with E-state index < -0.39 is 6.03 Å². The summed E-state index contributed by atoms with van der Waals surface area (Å²) in [5.41, 5.74) is 6.81. The molecule has 82 valence electrons. The molecule has 2 aromatic rings. The van der Waals surface area contributed by atoms with Crippen molar-refractivity contribution in [3.05, 3.63) is 40.7 Å². The van der Waals surface area contributed by atoms with Gasteiger partial charge in [-0.25, -0.2) is 4.79 Å². The van der Waals surface area contributed by atoms with Crippen LogP contribution in [0.3, 0.4) is 0 Å². The van der Waals surface area contributed by atoms with Crippen LogP contribution in [0.15, 0.2) is 35.7 Å². The highest BCUT2D eigenvalue weighted by atomic mass is 35.5. The van der Waals surface area contributed by atoms with E-state index in [1.54, 1.807) is 0 Å². The summed E-state index contributed by atoms with van der Waals surface area (Å²) in [4.78, 5) is 11.8. The number of anilines is 1. The third-order valence-corrected chi connectivity index (χ3v) is 3.24. The van der Waals surface area contributed by atoms with Gasteiger partial charge in [-0.1, -0.05) is 23.7 Å². The first-order valence-corrected chi connectivity index (χ1v) is 5.82. The Balaban J connectivity index is 2.36. The second kappa shape index (κ2) is 4.55. The minimum atomic E-state index is -0.561. The molecule has 0 unspecified atom stereocenters. The maximum Gasteiger partial charge on any atom is 0.316 e. The number of urea groups is 1. The lowest BCUT2D eigenvalue weighted by molar-refractivity contribution is 0.259. The van der Waals surface area contributed by atoms with Crippen molar-refractivity contribution in [2.24, 2.45) is 5.73 Å². The summed E-state index contributed by atoms with van der Waals surface area (Å²) in [5, 5.41) is 5.17. The van der Waals surface area contributed by atoms with E-state index in [1.165, 1.54) is 11.3 Å². The Hall–Kier alpha value is -1.52. The first kappa shape index (κ1) is 11.0. The maximum absolute atomic E-state index is 10.8. The van der Waals surface area contributed by atoms with Gasteiger partial charge in [-0.15, -0.1) is 11.3 Å². The van der Waals surface area contributed by atoms with Crippen LogP contribution >= 0.6 is 22.9 Å². The Kier molecular flexibility index (Phi) is 3.12. The first-order valence-electron chi connectivity index (χ1n) is 4.56. The molecule has 1 aromatic heterocycles. The van der Waals surface area contributed by atoms with E-state index in [9.17, 15) is 4.79 Å². The summed E-state index contributed by atoms with van der Waals surface area (Å²) in [5.74, 6) is 0. The van der Waals surface area contributed by atoms with E-state index in [0.29, 0.717) is 5.02 Å². The van der Waals surface area contributed by atoms with Crippen LogP contribution in [-0.4, -0.2) is 6.03 Å². The van der Waals surface area contributed by atoms with Crippen molar-refractivity contribution in [3.8, 4) is 10.4 Å². The van der Waals surface area contributed by atoms with Crippen LogP contribution in [0.1, 0.15) is 0 Å². The van der Waals surface area contributed by atoms with Crippen LogP contribution < -0.4 is 11.1 Å². The molecular weight excluding hydrogens is 244 g/mol. The number of carbonyl (C=O) groups excluding carboxylic acids is 1. The van der Waals surface area contributed by atoms with Gasteiger partial charge in [-0.05, 0) is 29.1 Å². The number of halogens is 1. The largest absolute Gasteiger partial charge is 0.351 e. The zero-order valence-corrected chi connectivity index (χ0v) is 9.81. The number of nitrogens with one attached hydrogen (secondary N) is 1. The monoisotopic (exact) mass is 252 g/mol. The number of thiophene rings is 1. The number of amides is 2. The van der Waals surface area contributed by atoms with E-state index in [1.807, 2.05) is 35.7 Å². The van der Waals surface area contributed by atoms with Crippen molar-refractivity contribution in [1.82, 2.24) is 0 Å².